The van der Waals surface area contributed by atoms with Gasteiger partial charge in [0.2, 0.25) is 0 Å². The maximum atomic E-state index is 13.2. The SMILES string of the molecule is CN(C)c1cc(C#N)nc(-c2cccc(F)c2)n1. The van der Waals surface area contributed by atoms with Crippen LogP contribution in [0.4, 0.5) is 10.2 Å². The molecule has 18 heavy (non-hydrogen) atoms. The van der Waals surface area contributed by atoms with Crippen LogP contribution >= 0.6 is 0 Å². The predicted molar refractivity (Wildman–Crippen MR) is 66.5 cm³/mol. The van der Waals surface area contributed by atoms with Crippen LogP contribution in [0.25, 0.3) is 11.4 Å². The summed E-state index contributed by atoms with van der Waals surface area (Å²) in [5.74, 6) is 0.600. The number of hydrogen-bond acceptors (Lipinski definition) is 4. The van der Waals surface area contributed by atoms with E-state index in [1.807, 2.05) is 20.2 Å². The minimum atomic E-state index is -0.357. The van der Waals surface area contributed by atoms with Crippen molar-refractivity contribution in [2.24, 2.45) is 0 Å². The third kappa shape index (κ3) is 2.43. The summed E-state index contributed by atoms with van der Waals surface area (Å²) in [4.78, 5) is 10.1. The Morgan fingerprint density at radius 2 is 2.00 bits per heavy atom. The molecule has 90 valence electrons. The Kier molecular flexibility index (Phi) is 3.20. The van der Waals surface area contributed by atoms with Crippen molar-refractivity contribution in [3.8, 4) is 17.5 Å². The minimum absolute atomic E-state index is 0.257. The molecule has 1 heterocycles. The molecule has 1 aromatic heterocycles. The van der Waals surface area contributed by atoms with Gasteiger partial charge in [-0.3, -0.25) is 0 Å². The van der Waals surface area contributed by atoms with Gasteiger partial charge in [0.25, 0.3) is 0 Å². The van der Waals surface area contributed by atoms with Gasteiger partial charge in [-0.25, -0.2) is 14.4 Å². The van der Waals surface area contributed by atoms with Crippen LogP contribution in [0.15, 0.2) is 30.3 Å². The van der Waals surface area contributed by atoms with Crippen molar-refractivity contribution < 1.29 is 4.39 Å². The second-order valence-electron chi connectivity index (χ2n) is 3.95. The highest BCUT2D eigenvalue weighted by atomic mass is 19.1. The molecule has 2 aromatic rings. The summed E-state index contributed by atoms with van der Waals surface area (Å²) in [5, 5.41) is 8.94. The molecule has 0 saturated carbocycles. The van der Waals surface area contributed by atoms with Gasteiger partial charge in [0, 0.05) is 25.7 Å². The molecule has 0 unspecified atom stereocenters. The number of rotatable bonds is 2. The molecule has 1 aromatic carbocycles. The first-order chi connectivity index (χ1) is 8.60. The lowest BCUT2D eigenvalue weighted by molar-refractivity contribution is 0.628. The smallest absolute Gasteiger partial charge is 0.163 e. The Balaban J connectivity index is 2.57. The predicted octanol–water partition coefficient (Wildman–Crippen LogP) is 2.22. The summed E-state index contributed by atoms with van der Waals surface area (Å²) in [6.45, 7) is 0. The quantitative estimate of drug-likeness (QED) is 0.810. The number of hydrogen-bond donors (Lipinski definition) is 0. The van der Waals surface area contributed by atoms with Crippen LogP contribution in [0.5, 0.6) is 0 Å². The Morgan fingerprint density at radius 1 is 1.22 bits per heavy atom. The van der Waals surface area contributed by atoms with Crippen molar-refractivity contribution in [2.75, 3.05) is 19.0 Å². The van der Waals surface area contributed by atoms with E-state index in [1.54, 1.807) is 23.1 Å². The maximum Gasteiger partial charge on any atom is 0.163 e. The average molecular weight is 242 g/mol. The maximum absolute atomic E-state index is 13.2. The number of halogens is 1. The molecular formula is C13H11FN4. The van der Waals surface area contributed by atoms with Crippen LogP contribution in [0.2, 0.25) is 0 Å². The topological polar surface area (TPSA) is 52.8 Å². The van der Waals surface area contributed by atoms with E-state index in [4.69, 9.17) is 5.26 Å². The molecule has 0 radical (unpaired) electrons. The molecule has 0 N–H and O–H groups in total. The molecule has 4 nitrogen and oxygen atoms in total. The first-order valence-electron chi connectivity index (χ1n) is 5.32. The van der Waals surface area contributed by atoms with Gasteiger partial charge in [-0.15, -0.1) is 0 Å². The first-order valence-corrected chi connectivity index (χ1v) is 5.32. The molecule has 0 aliphatic rings. The molecule has 0 amide bonds. The second-order valence-corrected chi connectivity index (χ2v) is 3.95. The van der Waals surface area contributed by atoms with E-state index in [0.717, 1.165) is 0 Å². The number of anilines is 1. The number of benzene rings is 1. The van der Waals surface area contributed by atoms with Crippen LogP contribution in [0.1, 0.15) is 5.69 Å². The summed E-state index contributed by atoms with van der Waals surface area (Å²) in [5.41, 5.74) is 0.808. The Morgan fingerprint density at radius 3 is 2.61 bits per heavy atom. The van der Waals surface area contributed by atoms with Crippen LogP contribution in [0.3, 0.4) is 0 Å². The summed E-state index contributed by atoms with van der Waals surface area (Å²) in [6, 6.07) is 9.55. The Labute approximate surface area is 104 Å². The summed E-state index contributed by atoms with van der Waals surface area (Å²) < 4.78 is 13.2. The standard InChI is InChI=1S/C13H11FN4/c1-18(2)12-7-11(8-15)16-13(17-12)9-4-3-5-10(14)6-9/h3-7H,1-2H3. The first kappa shape index (κ1) is 12.0. The van der Waals surface area contributed by atoms with Crippen molar-refractivity contribution in [1.82, 2.24) is 9.97 Å². The molecule has 0 atom stereocenters. The van der Waals surface area contributed by atoms with Gasteiger partial charge in [0.1, 0.15) is 23.4 Å². The molecule has 0 aliphatic heterocycles. The van der Waals surface area contributed by atoms with Crippen molar-refractivity contribution >= 4 is 5.82 Å². The fourth-order valence-corrected chi connectivity index (χ4v) is 1.48. The number of nitriles is 1. The van der Waals surface area contributed by atoms with Gasteiger partial charge in [-0.1, -0.05) is 12.1 Å². The van der Waals surface area contributed by atoms with Crippen LogP contribution in [-0.2, 0) is 0 Å². The molecule has 0 bridgehead atoms. The highest BCUT2D eigenvalue weighted by Gasteiger charge is 2.08. The lowest BCUT2D eigenvalue weighted by atomic mass is 10.2. The third-order valence-electron chi connectivity index (χ3n) is 2.37. The van der Waals surface area contributed by atoms with E-state index in [2.05, 4.69) is 9.97 Å². The van der Waals surface area contributed by atoms with E-state index >= 15 is 0 Å². The number of aromatic nitrogens is 2. The average Bonchev–Trinajstić information content (AvgIpc) is 2.38. The zero-order valence-electron chi connectivity index (χ0n) is 10.1. The molecule has 0 saturated heterocycles. The number of nitrogens with zero attached hydrogens (tertiary/aromatic N) is 4. The fraction of sp³-hybridized carbons (Fsp3) is 0.154. The normalized spacial score (nSPS) is 9.89. The van der Waals surface area contributed by atoms with Gasteiger partial charge in [-0.05, 0) is 12.1 Å². The van der Waals surface area contributed by atoms with E-state index in [9.17, 15) is 4.39 Å². The monoisotopic (exact) mass is 242 g/mol. The molecule has 2 rings (SSSR count). The fourth-order valence-electron chi connectivity index (χ4n) is 1.48. The van der Waals surface area contributed by atoms with E-state index in [0.29, 0.717) is 17.2 Å². The minimum Gasteiger partial charge on any atom is -0.363 e. The van der Waals surface area contributed by atoms with Crippen molar-refractivity contribution in [1.29, 1.82) is 5.26 Å². The van der Waals surface area contributed by atoms with Gasteiger partial charge in [-0.2, -0.15) is 5.26 Å². The van der Waals surface area contributed by atoms with Gasteiger partial charge in [0.05, 0.1) is 0 Å². The van der Waals surface area contributed by atoms with Gasteiger partial charge < -0.3 is 4.90 Å². The molecule has 0 spiro atoms. The van der Waals surface area contributed by atoms with E-state index in [-0.39, 0.29) is 11.5 Å². The lowest BCUT2D eigenvalue weighted by Crippen LogP contribution is -2.12. The molecule has 0 fully saturated rings. The summed E-state index contributed by atoms with van der Waals surface area (Å²) >= 11 is 0. The molecule has 0 aliphatic carbocycles. The Hall–Kier alpha value is -2.48. The zero-order chi connectivity index (χ0) is 13.1. The van der Waals surface area contributed by atoms with E-state index in [1.165, 1.54) is 12.1 Å². The van der Waals surface area contributed by atoms with Gasteiger partial charge >= 0.3 is 0 Å². The van der Waals surface area contributed by atoms with Crippen LogP contribution < -0.4 is 4.90 Å². The molecular weight excluding hydrogens is 231 g/mol. The largest absolute Gasteiger partial charge is 0.363 e. The Bertz CT molecular complexity index is 617. The third-order valence-corrected chi connectivity index (χ3v) is 2.37. The van der Waals surface area contributed by atoms with Crippen molar-refractivity contribution in [2.45, 2.75) is 0 Å². The summed E-state index contributed by atoms with van der Waals surface area (Å²) in [6.07, 6.45) is 0. The lowest BCUT2D eigenvalue weighted by Gasteiger charge is -2.12. The summed E-state index contributed by atoms with van der Waals surface area (Å²) in [7, 11) is 3.64. The van der Waals surface area contributed by atoms with Crippen molar-refractivity contribution in [3.63, 3.8) is 0 Å². The zero-order valence-corrected chi connectivity index (χ0v) is 10.1. The molecule has 5 heteroatoms. The highest BCUT2D eigenvalue weighted by molar-refractivity contribution is 5.58. The van der Waals surface area contributed by atoms with E-state index < -0.39 is 0 Å². The second kappa shape index (κ2) is 4.80. The highest BCUT2D eigenvalue weighted by Crippen LogP contribution is 2.19. The van der Waals surface area contributed by atoms with Crippen molar-refractivity contribution in [3.05, 3.63) is 41.8 Å². The van der Waals surface area contributed by atoms with Crippen LogP contribution in [0, 0.1) is 17.1 Å². The van der Waals surface area contributed by atoms with Gasteiger partial charge in [0.15, 0.2) is 5.82 Å². The van der Waals surface area contributed by atoms with Crippen LogP contribution in [-0.4, -0.2) is 24.1 Å².